The molecule has 0 saturated carbocycles. The lowest BCUT2D eigenvalue weighted by atomic mass is 10.2. The minimum absolute atomic E-state index is 0.0562. The summed E-state index contributed by atoms with van der Waals surface area (Å²) in [6, 6.07) is -0.483. The fourth-order valence-electron chi connectivity index (χ4n) is 1.56. The number of aromatic nitrogens is 2. The fraction of sp³-hybridized carbons (Fsp3) is 0.636. The molecule has 114 valence electrons. The summed E-state index contributed by atoms with van der Waals surface area (Å²) in [6.07, 6.45) is -0.500. The molecule has 5 nitrogen and oxygen atoms in total. The maximum Gasteiger partial charge on any atom is 0.435 e. The van der Waals surface area contributed by atoms with Crippen LogP contribution in [-0.4, -0.2) is 34.4 Å². The summed E-state index contributed by atoms with van der Waals surface area (Å²) in [5, 5.41) is 8.34. The molecule has 1 rings (SSSR count). The van der Waals surface area contributed by atoms with Crippen LogP contribution >= 0.6 is 11.8 Å². The van der Waals surface area contributed by atoms with E-state index in [1.807, 2.05) is 6.26 Å². The molecule has 1 heterocycles. The molecule has 1 aromatic rings. The van der Waals surface area contributed by atoms with E-state index in [0.29, 0.717) is 6.54 Å². The van der Waals surface area contributed by atoms with Crippen molar-refractivity contribution in [3.05, 3.63) is 17.5 Å². The Kier molecular flexibility index (Phi) is 6.18. The average Bonchev–Trinajstić information content (AvgIpc) is 2.73. The zero-order chi connectivity index (χ0) is 15.2. The number of carbonyl (C=O) groups excluding carboxylic acids is 1. The third-order valence-electron chi connectivity index (χ3n) is 2.42. The van der Waals surface area contributed by atoms with Crippen molar-refractivity contribution >= 4 is 17.8 Å². The minimum atomic E-state index is -4.52. The van der Waals surface area contributed by atoms with Crippen molar-refractivity contribution < 1.29 is 18.0 Å². The molecule has 0 radical (unpaired) electrons. The van der Waals surface area contributed by atoms with Gasteiger partial charge in [-0.25, -0.2) is 4.79 Å². The second-order valence-corrected chi connectivity index (χ2v) is 5.12. The fourth-order valence-corrected chi connectivity index (χ4v) is 2.00. The minimum Gasteiger partial charge on any atom is -0.338 e. The van der Waals surface area contributed by atoms with E-state index in [1.165, 1.54) is 13.2 Å². The number of urea groups is 1. The molecule has 0 aromatic carbocycles. The highest BCUT2D eigenvalue weighted by molar-refractivity contribution is 7.98. The first kappa shape index (κ1) is 16.7. The third kappa shape index (κ3) is 5.32. The van der Waals surface area contributed by atoms with Crippen LogP contribution in [-0.2, 0) is 19.8 Å². The van der Waals surface area contributed by atoms with Gasteiger partial charge in [-0.15, -0.1) is 0 Å². The number of aryl methyl sites for hydroxylation is 1. The van der Waals surface area contributed by atoms with E-state index in [9.17, 15) is 18.0 Å². The molecule has 0 spiro atoms. The Morgan fingerprint density at radius 1 is 1.45 bits per heavy atom. The highest BCUT2D eigenvalue weighted by atomic mass is 32.2. The number of nitrogens with one attached hydrogen (secondary N) is 2. The number of hydrogen-bond acceptors (Lipinski definition) is 3. The lowest BCUT2D eigenvalue weighted by Crippen LogP contribution is -2.36. The molecule has 9 heteroatoms. The standard InChI is InChI=1S/C11H17F3N4OS/c1-18-7-8(9(17-18)11(12,13)14)6-16-10(19)15-4-3-5-20-2/h7H,3-6H2,1-2H3,(H2,15,16,19). The van der Waals surface area contributed by atoms with E-state index in [-0.39, 0.29) is 12.1 Å². The molecule has 0 saturated heterocycles. The molecular weight excluding hydrogens is 293 g/mol. The van der Waals surface area contributed by atoms with E-state index < -0.39 is 17.9 Å². The number of hydrogen-bond donors (Lipinski definition) is 2. The van der Waals surface area contributed by atoms with E-state index >= 15 is 0 Å². The number of rotatable bonds is 6. The lowest BCUT2D eigenvalue weighted by molar-refractivity contribution is -0.142. The van der Waals surface area contributed by atoms with Gasteiger partial charge >= 0.3 is 12.2 Å². The zero-order valence-electron chi connectivity index (χ0n) is 11.3. The Balaban J connectivity index is 2.47. The maximum atomic E-state index is 12.7. The van der Waals surface area contributed by atoms with Crippen molar-refractivity contribution in [2.24, 2.45) is 7.05 Å². The van der Waals surface area contributed by atoms with Gasteiger partial charge in [-0.05, 0) is 18.4 Å². The van der Waals surface area contributed by atoms with Gasteiger partial charge in [-0.3, -0.25) is 4.68 Å². The Morgan fingerprint density at radius 2 is 2.15 bits per heavy atom. The maximum absolute atomic E-state index is 12.7. The first-order chi connectivity index (χ1) is 9.34. The Morgan fingerprint density at radius 3 is 2.75 bits per heavy atom. The Bertz CT molecular complexity index is 447. The Labute approximate surface area is 119 Å². The third-order valence-corrected chi connectivity index (χ3v) is 3.12. The van der Waals surface area contributed by atoms with Crippen molar-refractivity contribution in [2.75, 3.05) is 18.6 Å². The highest BCUT2D eigenvalue weighted by Crippen LogP contribution is 2.30. The predicted molar refractivity (Wildman–Crippen MR) is 71.4 cm³/mol. The smallest absolute Gasteiger partial charge is 0.338 e. The van der Waals surface area contributed by atoms with Gasteiger partial charge in [0.05, 0.1) is 0 Å². The summed E-state index contributed by atoms with van der Waals surface area (Å²) in [5.41, 5.74) is -1.03. The SMILES string of the molecule is CSCCCNC(=O)NCc1cn(C)nc1C(F)(F)F. The molecule has 0 aliphatic rings. The first-order valence-electron chi connectivity index (χ1n) is 5.95. The van der Waals surface area contributed by atoms with Crippen LogP contribution in [0.3, 0.4) is 0 Å². The number of thioether (sulfide) groups is 1. The van der Waals surface area contributed by atoms with Crippen LogP contribution in [0, 0.1) is 0 Å². The van der Waals surface area contributed by atoms with Crippen LogP contribution in [0.1, 0.15) is 17.7 Å². The van der Waals surface area contributed by atoms with Gasteiger partial charge in [0.15, 0.2) is 5.69 Å². The van der Waals surface area contributed by atoms with Crippen LogP contribution in [0.4, 0.5) is 18.0 Å². The van der Waals surface area contributed by atoms with Crippen molar-refractivity contribution in [3.63, 3.8) is 0 Å². The monoisotopic (exact) mass is 310 g/mol. The molecule has 20 heavy (non-hydrogen) atoms. The van der Waals surface area contributed by atoms with Crippen LogP contribution in [0.15, 0.2) is 6.20 Å². The van der Waals surface area contributed by atoms with E-state index in [0.717, 1.165) is 16.9 Å². The molecule has 0 aliphatic carbocycles. The molecule has 0 aliphatic heterocycles. The van der Waals surface area contributed by atoms with Gasteiger partial charge in [-0.2, -0.15) is 30.0 Å². The number of amides is 2. The summed E-state index contributed by atoms with van der Waals surface area (Å²) in [4.78, 5) is 11.4. The molecule has 2 N–H and O–H groups in total. The van der Waals surface area contributed by atoms with Crippen molar-refractivity contribution in [1.29, 1.82) is 0 Å². The van der Waals surface area contributed by atoms with E-state index in [2.05, 4.69) is 15.7 Å². The number of carbonyl (C=O) groups is 1. The number of nitrogens with zero attached hydrogens (tertiary/aromatic N) is 2. The van der Waals surface area contributed by atoms with Gasteiger partial charge in [0.2, 0.25) is 0 Å². The Hall–Kier alpha value is -1.38. The predicted octanol–water partition coefficient (Wildman–Crippen LogP) is 1.99. The second-order valence-electron chi connectivity index (χ2n) is 4.13. The molecule has 0 atom stereocenters. The van der Waals surface area contributed by atoms with Crippen LogP contribution in [0.2, 0.25) is 0 Å². The summed E-state index contributed by atoms with van der Waals surface area (Å²) >= 11 is 1.66. The second kappa shape index (κ2) is 7.41. The van der Waals surface area contributed by atoms with Gasteiger partial charge < -0.3 is 10.6 Å². The van der Waals surface area contributed by atoms with Gasteiger partial charge in [0.1, 0.15) is 0 Å². The molecular formula is C11H17F3N4OS. The summed E-state index contributed by atoms with van der Waals surface area (Å²) in [7, 11) is 1.40. The van der Waals surface area contributed by atoms with Crippen molar-refractivity contribution in [3.8, 4) is 0 Å². The average molecular weight is 310 g/mol. The normalized spacial score (nSPS) is 11.4. The summed E-state index contributed by atoms with van der Waals surface area (Å²) in [5.74, 6) is 0.918. The molecule has 2 amide bonds. The van der Waals surface area contributed by atoms with E-state index in [4.69, 9.17) is 0 Å². The number of halogens is 3. The molecule has 1 aromatic heterocycles. The first-order valence-corrected chi connectivity index (χ1v) is 7.34. The van der Waals surface area contributed by atoms with Crippen molar-refractivity contribution in [2.45, 2.75) is 19.1 Å². The van der Waals surface area contributed by atoms with Crippen LogP contribution in [0.25, 0.3) is 0 Å². The lowest BCUT2D eigenvalue weighted by Gasteiger charge is -2.08. The topological polar surface area (TPSA) is 59.0 Å². The zero-order valence-corrected chi connectivity index (χ0v) is 12.1. The largest absolute Gasteiger partial charge is 0.435 e. The van der Waals surface area contributed by atoms with Crippen LogP contribution < -0.4 is 10.6 Å². The summed E-state index contributed by atoms with van der Waals surface area (Å²) in [6.45, 7) is 0.281. The van der Waals surface area contributed by atoms with Gasteiger partial charge in [0, 0.05) is 31.9 Å². The van der Waals surface area contributed by atoms with Crippen molar-refractivity contribution in [1.82, 2.24) is 20.4 Å². The quantitative estimate of drug-likeness (QED) is 0.790. The molecule has 0 bridgehead atoms. The summed E-state index contributed by atoms with van der Waals surface area (Å²) < 4.78 is 39.1. The molecule has 0 unspecified atom stereocenters. The van der Waals surface area contributed by atoms with E-state index in [1.54, 1.807) is 11.8 Å². The highest BCUT2D eigenvalue weighted by Gasteiger charge is 2.36. The number of alkyl halides is 3. The molecule has 0 fully saturated rings. The van der Waals surface area contributed by atoms with Gasteiger partial charge in [-0.1, -0.05) is 0 Å². The van der Waals surface area contributed by atoms with Gasteiger partial charge in [0.25, 0.3) is 0 Å². The van der Waals surface area contributed by atoms with Crippen LogP contribution in [0.5, 0.6) is 0 Å².